The summed E-state index contributed by atoms with van der Waals surface area (Å²) < 4.78 is 0. The van der Waals surface area contributed by atoms with Gasteiger partial charge < -0.3 is 71.8 Å². The lowest BCUT2D eigenvalue weighted by Gasteiger charge is -2.26. The van der Waals surface area contributed by atoms with Crippen LogP contribution in [0.3, 0.4) is 0 Å². The van der Waals surface area contributed by atoms with E-state index >= 15 is 0 Å². The summed E-state index contributed by atoms with van der Waals surface area (Å²) in [6.07, 6.45) is 2.94. The molecule has 0 unspecified atom stereocenters. The van der Waals surface area contributed by atoms with Crippen molar-refractivity contribution in [3.63, 3.8) is 0 Å². The number of aliphatic carboxylic acids is 1. The van der Waals surface area contributed by atoms with E-state index in [1.165, 1.54) is 0 Å². The first-order valence-electron chi connectivity index (χ1n) is 18.7. The highest BCUT2D eigenvalue weighted by Crippen LogP contribution is 2.09. The number of carbonyl (C=O) groups is 6. The van der Waals surface area contributed by atoms with E-state index in [1.807, 2.05) is 30.3 Å². The molecular formula is C35H62N14O7. The number of nitrogens with zero attached hydrogens (tertiary/aromatic N) is 2. The van der Waals surface area contributed by atoms with Crippen LogP contribution in [0.1, 0.15) is 69.8 Å². The van der Waals surface area contributed by atoms with E-state index in [2.05, 4.69) is 36.6 Å². The van der Waals surface area contributed by atoms with Crippen LogP contribution in [0.4, 0.5) is 0 Å². The number of nitrogens with two attached hydrogens (primary N) is 7. The Morgan fingerprint density at radius 3 is 1.46 bits per heavy atom. The van der Waals surface area contributed by atoms with Crippen molar-refractivity contribution in [3.05, 3.63) is 35.9 Å². The number of carboxylic acid groups (broad SMARTS) is 1. The number of carbonyl (C=O) groups excluding carboxylic acids is 5. The Kier molecular flexibility index (Phi) is 24.2. The molecule has 5 amide bonds. The molecule has 0 fully saturated rings. The van der Waals surface area contributed by atoms with Crippen LogP contribution in [0.25, 0.3) is 0 Å². The number of hydrogen-bond acceptors (Lipinski definition) is 11. The number of rotatable bonds is 29. The smallest absolute Gasteiger partial charge is 0.326 e. The van der Waals surface area contributed by atoms with Crippen molar-refractivity contribution >= 4 is 47.4 Å². The lowest BCUT2D eigenvalue weighted by atomic mass is 10.0. The van der Waals surface area contributed by atoms with Crippen molar-refractivity contribution in [2.45, 2.75) is 101 Å². The first-order valence-corrected chi connectivity index (χ1v) is 18.7. The molecular weight excluding hydrogens is 728 g/mol. The number of unbranched alkanes of at least 4 members (excludes halogenated alkanes) is 2. The lowest BCUT2D eigenvalue weighted by molar-refractivity contribution is -0.142. The third-order valence-corrected chi connectivity index (χ3v) is 8.38. The van der Waals surface area contributed by atoms with Gasteiger partial charge in [-0.15, -0.1) is 0 Å². The third-order valence-electron chi connectivity index (χ3n) is 8.38. The Bertz CT molecular complexity index is 1440. The van der Waals surface area contributed by atoms with Gasteiger partial charge in [-0.2, -0.15) is 0 Å². The maximum atomic E-state index is 13.8. The summed E-state index contributed by atoms with van der Waals surface area (Å²) in [7, 11) is 0. The zero-order chi connectivity index (χ0) is 41.9. The number of aliphatic imine (C=N–C) groups is 2. The molecule has 21 nitrogen and oxygen atoms in total. The highest BCUT2D eigenvalue weighted by atomic mass is 16.4. The summed E-state index contributed by atoms with van der Waals surface area (Å²) in [5, 5.41) is 22.6. The topological polar surface area (TPSA) is 390 Å². The number of guanidine groups is 2. The summed E-state index contributed by atoms with van der Waals surface area (Å²) in [6, 6.07) is 3.31. The van der Waals surface area contributed by atoms with Crippen molar-refractivity contribution in [3.8, 4) is 0 Å². The monoisotopic (exact) mass is 790 g/mol. The van der Waals surface area contributed by atoms with Crippen molar-refractivity contribution in [2.24, 2.45) is 50.1 Å². The number of hydrogen-bond donors (Lipinski definition) is 13. The van der Waals surface area contributed by atoms with Crippen LogP contribution in [0.2, 0.25) is 0 Å². The molecule has 1 aromatic carbocycles. The van der Waals surface area contributed by atoms with Crippen LogP contribution < -0.4 is 66.7 Å². The molecule has 0 aliphatic heterocycles. The fourth-order valence-corrected chi connectivity index (χ4v) is 5.38. The second-order valence-corrected chi connectivity index (χ2v) is 13.1. The fourth-order valence-electron chi connectivity index (χ4n) is 5.38. The predicted octanol–water partition coefficient (Wildman–Crippen LogP) is -3.94. The first-order chi connectivity index (χ1) is 26.7. The van der Waals surface area contributed by atoms with Gasteiger partial charge in [0.1, 0.15) is 24.2 Å². The van der Waals surface area contributed by atoms with Gasteiger partial charge in [0, 0.05) is 13.1 Å². The predicted molar refractivity (Wildman–Crippen MR) is 212 cm³/mol. The maximum Gasteiger partial charge on any atom is 0.326 e. The molecule has 0 bridgehead atoms. The SMILES string of the molecule is NCCCC[C@H](NC(=O)[C@H](CCCN=C(N)N)NC(=O)[C@H](CCCN=C(N)N)NC(=O)[C@H](CCCCN)NC(=O)CNC(=O)[C@H](N)Cc1ccccc1)C(=O)O. The zero-order valence-electron chi connectivity index (χ0n) is 31.9. The van der Waals surface area contributed by atoms with E-state index in [4.69, 9.17) is 40.1 Å². The van der Waals surface area contributed by atoms with E-state index in [0.717, 1.165) is 5.56 Å². The largest absolute Gasteiger partial charge is 0.480 e. The average Bonchev–Trinajstić information content (AvgIpc) is 3.15. The third kappa shape index (κ3) is 21.4. The van der Waals surface area contributed by atoms with Crippen LogP contribution >= 0.6 is 0 Å². The summed E-state index contributed by atoms with van der Waals surface area (Å²) in [6.45, 7) is 0.429. The van der Waals surface area contributed by atoms with Gasteiger partial charge in [-0.3, -0.25) is 34.0 Å². The molecule has 1 rings (SSSR count). The van der Waals surface area contributed by atoms with Crippen molar-refractivity contribution in [2.75, 3.05) is 32.7 Å². The van der Waals surface area contributed by atoms with E-state index in [-0.39, 0.29) is 70.0 Å². The Morgan fingerprint density at radius 1 is 0.589 bits per heavy atom. The second kappa shape index (κ2) is 28.0. The van der Waals surface area contributed by atoms with E-state index in [0.29, 0.717) is 38.8 Å². The molecule has 5 atom stereocenters. The van der Waals surface area contributed by atoms with E-state index in [9.17, 15) is 33.9 Å². The van der Waals surface area contributed by atoms with Gasteiger partial charge in [-0.05, 0) is 89.3 Å². The summed E-state index contributed by atoms with van der Waals surface area (Å²) in [4.78, 5) is 86.3. The number of amides is 5. The van der Waals surface area contributed by atoms with Crippen LogP contribution in [-0.2, 0) is 35.2 Å². The van der Waals surface area contributed by atoms with Crippen LogP contribution in [0.5, 0.6) is 0 Å². The van der Waals surface area contributed by atoms with Gasteiger partial charge in [0.05, 0.1) is 12.6 Å². The van der Waals surface area contributed by atoms with Gasteiger partial charge in [-0.25, -0.2) is 4.79 Å². The molecule has 0 aromatic heterocycles. The van der Waals surface area contributed by atoms with Gasteiger partial charge in [0.25, 0.3) is 0 Å². The van der Waals surface area contributed by atoms with Gasteiger partial charge in [-0.1, -0.05) is 30.3 Å². The Labute approximate surface area is 327 Å². The standard InChI is InChI=1S/C35H62N14O7/c36-16-6-4-12-24(46-28(50)21-45-29(51)23(38)20-22-10-2-1-3-11-22)30(52)47-25(14-8-18-43-34(39)40)31(53)48-26(15-9-19-44-35(41)42)32(54)49-27(33(55)56)13-5-7-17-37/h1-3,10-11,23-27H,4-9,12-21,36-38H2,(H,45,51)(H,46,50)(H,47,52)(H,48,53)(H,49,54)(H,55,56)(H4,39,40,43)(H4,41,42,44)/t23-,24+,25+,26+,27+/m1/s1. The molecule has 0 heterocycles. The molecule has 1 aromatic rings. The Balaban J connectivity index is 3.19. The van der Waals surface area contributed by atoms with Crippen LogP contribution in [0, 0.1) is 0 Å². The minimum absolute atomic E-state index is 0.00631. The molecule has 0 aliphatic carbocycles. The summed E-state index contributed by atoms with van der Waals surface area (Å²) >= 11 is 0. The van der Waals surface area contributed by atoms with E-state index < -0.39 is 72.3 Å². The highest BCUT2D eigenvalue weighted by molar-refractivity contribution is 5.95. The molecule has 0 aliphatic rings. The minimum atomic E-state index is -1.26. The lowest BCUT2D eigenvalue weighted by Crippen LogP contribution is -2.58. The minimum Gasteiger partial charge on any atom is -0.480 e. The number of carboxylic acids is 1. The summed E-state index contributed by atoms with van der Waals surface area (Å²) in [5.41, 5.74) is 39.8. The molecule has 0 spiro atoms. The molecule has 314 valence electrons. The van der Waals surface area contributed by atoms with Crippen LogP contribution in [0.15, 0.2) is 40.3 Å². The van der Waals surface area contributed by atoms with Crippen molar-refractivity contribution < 1.29 is 33.9 Å². The molecule has 56 heavy (non-hydrogen) atoms. The van der Waals surface area contributed by atoms with Gasteiger partial charge >= 0.3 is 5.97 Å². The Hall–Kier alpha value is -5.54. The molecule has 0 saturated carbocycles. The second-order valence-electron chi connectivity index (χ2n) is 13.1. The normalized spacial score (nSPS) is 13.4. The molecule has 21 heteroatoms. The van der Waals surface area contributed by atoms with Gasteiger partial charge in [0.2, 0.25) is 29.5 Å². The molecule has 0 saturated heterocycles. The first kappa shape index (κ1) is 48.5. The fraction of sp³-hybridized carbons (Fsp3) is 0.600. The van der Waals surface area contributed by atoms with Crippen molar-refractivity contribution in [1.29, 1.82) is 0 Å². The Morgan fingerprint density at radius 2 is 1.02 bits per heavy atom. The molecule has 0 radical (unpaired) electrons. The highest BCUT2D eigenvalue weighted by Gasteiger charge is 2.31. The molecule has 20 N–H and O–H groups in total. The van der Waals surface area contributed by atoms with Gasteiger partial charge in [0.15, 0.2) is 11.9 Å². The number of nitrogens with one attached hydrogen (secondary N) is 5. The van der Waals surface area contributed by atoms with Crippen molar-refractivity contribution in [1.82, 2.24) is 26.6 Å². The average molecular weight is 791 g/mol. The quantitative estimate of drug-likeness (QED) is 0.0209. The number of benzene rings is 1. The summed E-state index contributed by atoms with van der Waals surface area (Å²) in [5.74, 6) is -5.11. The van der Waals surface area contributed by atoms with Crippen LogP contribution in [-0.4, -0.2) is 115 Å². The maximum absolute atomic E-state index is 13.8. The van der Waals surface area contributed by atoms with E-state index in [1.54, 1.807) is 0 Å². The zero-order valence-corrected chi connectivity index (χ0v) is 31.9.